The van der Waals surface area contributed by atoms with E-state index in [4.69, 9.17) is 4.74 Å². The maximum atomic E-state index is 11.9. The predicted molar refractivity (Wildman–Crippen MR) is 91.2 cm³/mol. The van der Waals surface area contributed by atoms with Crippen molar-refractivity contribution in [2.75, 3.05) is 4.90 Å². The summed E-state index contributed by atoms with van der Waals surface area (Å²) in [6.45, 7) is 5.42. The van der Waals surface area contributed by atoms with Crippen LogP contribution in [0.3, 0.4) is 0 Å². The van der Waals surface area contributed by atoms with Crippen LogP contribution < -0.4 is 9.64 Å². The molecular formula is C18H19N3O4. The van der Waals surface area contributed by atoms with E-state index in [-0.39, 0.29) is 11.7 Å². The van der Waals surface area contributed by atoms with Crippen molar-refractivity contribution in [1.29, 1.82) is 0 Å². The molecule has 130 valence electrons. The molecule has 1 heterocycles. The summed E-state index contributed by atoms with van der Waals surface area (Å²) in [6.07, 6.45) is 0.376. The van der Waals surface area contributed by atoms with Crippen LogP contribution in [0.4, 0.5) is 5.82 Å². The molecule has 7 nitrogen and oxygen atoms in total. The van der Waals surface area contributed by atoms with Gasteiger partial charge in [0.05, 0.1) is 5.69 Å². The van der Waals surface area contributed by atoms with E-state index in [1.807, 2.05) is 30.3 Å². The molecule has 0 atom stereocenters. The molecule has 0 radical (unpaired) electrons. The highest BCUT2D eigenvalue weighted by Crippen LogP contribution is 2.25. The Bertz CT molecular complexity index is 805. The first-order valence-corrected chi connectivity index (χ1v) is 7.70. The number of carbonyl (C=O) groups excluding carboxylic acids is 3. The predicted octanol–water partition coefficient (Wildman–Crippen LogP) is 2.20. The number of rotatable bonds is 4. The summed E-state index contributed by atoms with van der Waals surface area (Å²) in [5, 5.41) is 0. The molecule has 0 aliphatic rings. The van der Waals surface area contributed by atoms with Gasteiger partial charge in [0.15, 0.2) is 5.82 Å². The number of anilines is 1. The minimum absolute atomic E-state index is 0.0215. The summed E-state index contributed by atoms with van der Waals surface area (Å²) in [5.74, 6) is -1.49. The second-order valence-electron chi connectivity index (χ2n) is 5.51. The Hall–Kier alpha value is -3.09. The fourth-order valence-corrected chi connectivity index (χ4v) is 2.38. The molecule has 1 aromatic heterocycles. The van der Waals surface area contributed by atoms with Crippen molar-refractivity contribution in [2.45, 2.75) is 34.1 Å². The Balaban J connectivity index is 2.59. The quantitative estimate of drug-likeness (QED) is 0.792. The topological polar surface area (TPSA) is 89.5 Å². The van der Waals surface area contributed by atoms with E-state index in [2.05, 4.69) is 9.97 Å². The lowest BCUT2D eigenvalue weighted by molar-refractivity contribution is -0.132. The van der Waals surface area contributed by atoms with E-state index in [0.717, 1.165) is 10.5 Å². The number of carbonyl (C=O) groups is 3. The van der Waals surface area contributed by atoms with Crippen molar-refractivity contribution >= 4 is 23.6 Å². The van der Waals surface area contributed by atoms with E-state index in [1.54, 1.807) is 6.92 Å². The lowest BCUT2D eigenvalue weighted by atomic mass is 10.1. The lowest BCUT2D eigenvalue weighted by Crippen LogP contribution is -2.35. The average molecular weight is 341 g/mol. The van der Waals surface area contributed by atoms with Gasteiger partial charge >= 0.3 is 5.97 Å². The Labute approximate surface area is 145 Å². The smallest absolute Gasteiger partial charge is 0.309 e. The molecule has 25 heavy (non-hydrogen) atoms. The number of nitrogens with zero attached hydrogens (tertiary/aromatic N) is 3. The Morgan fingerprint density at radius 2 is 1.60 bits per heavy atom. The van der Waals surface area contributed by atoms with Crippen LogP contribution in [0.2, 0.25) is 0 Å². The number of imide groups is 1. The van der Waals surface area contributed by atoms with Gasteiger partial charge in [-0.05, 0) is 12.5 Å². The van der Waals surface area contributed by atoms with Crippen LogP contribution in [-0.2, 0) is 20.8 Å². The highest BCUT2D eigenvalue weighted by atomic mass is 16.5. The van der Waals surface area contributed by atoms with Gasteiger partial charge in [-0.15, -0.1) is 0 Å². The van der Waals surface area contributed by atoms with Crippen LogP contribution in [0.1, 0.15) is 37.7 Å². The molecule has 2 aromatic rings. The largest absolute Gasteiger partial charge is 0.406 e. The molecule has 0 aliphatic carbocycles. The standard InChI is InChI=1S/C18H19N3O4/c1-11-18(25-14(4)24)20-17(21(12(2)22)13(3)23)16(19-11)10-15-8-6-5-7-9-15/h5-9H,10H2,1-4H3. The molecule has 7 heteroatoms. The molecule has 2 amide bonds. The molecule has 1 aromatic carbocycles. The molecule has 0 saturated carbocycles. The van der Waals surface area contributed by atoms with E-state index in [9.17, 15) is 14.4 Å². The number of aromatic nitrogens is 2. The molecule has 0 saturated heterocycles. The number of aryl methyl sites for hydroxylation is 1. The van der Waals surface area contributed by atoms with Gasteiger partial charge < -0.3 is 4.74 Å². The average Bonchev–Trinajstić information content (AvgIpc) is 2.51. The van der Waals surface area contributed by atoms with Gasteiger partial charge in [-0.25, -0.2) is 9.88 Å². The SMILES string of the molecule is CC(=O)Oc1nc(N(C(C)=O)C(C)=O)c(Cc2ccccc2)nc1C. The highest BCUT2D eigenvalue weighted by Gasteiger charge is 2.25. The van der Waals surface area contributed by atoms with Gasteiger partial charge in [0.1, 0.15) is 5.69 Å². The third-order valence-corrected chi connectivity index (χ3v) is 3.37. The van der Waals surface area contributed by atoms with E-state index < -0.39 is 17.8 Å². The van der Waals surface area contributed by atoms with Gasteiger partial charge in [0, 0.05) is 27.2 Å². The van der Waals surface area contributed by atoms with Crippen molar-refractivity contribution in [2.24, 2.45) is 0 Å². The molecular weight excluding hydrogens is 322 g/mol. The van der Waals surface area contributed by atoms with Crippen LogP contribution in [0.15, 0.2) is 30.3 Å². The van der Waals surface area contributed by atoms with Crippen LogP contribution in [0.25, 0.3) is 0 Å². The zero-order valence-corrected chi connectivity index (χ0v) is 14.6. The van der Waals surface area contributed by atoms with Crippen molar-refractivity contribution in [3.63, 3.8) is 0 Å². The number of benzene rings is 1. The van der Waals surface area contributed by atoms with Gasteiger partial charge in [-0.2, -0.15) is 4.98 Å². The molecule has 0 spiro atoms. The molecule has 0 unspecified atom stereocenters. The first kappa shape index (κ1) is 18.3. The minimum Gasteiger partial charge on any atom is -0.406 e. The van der Waals surface area contributed by atoms with Gasteiger partial charge in [-0.1, -0.05) is 30.3 Å². The van der Waals surface area contributed by atoms with E-state index in [0.29, 0.717) is 17.8 Å². The normalized spacial score (nSPS) is 10.2. The van der Waals surface area contributed by atoms with E-state index >= 15 is 0 Å². The minimum atomic E-state index is -0.559. The number of amides is 2. The molecule has 0 N–H and O–H groups in total. The van der Waals surface area contributed by atoms with Crippen molar-refractivity contribution in [3.05, 3.63) is 47.3 Å². The summed E-state index contributed by atoms with van der Waals surface area (Å²) in [5.41, 5.74) is 1.80. The zero-order chi connectivity index (χ0) is 18.6. The van der Waals surface area contributed by atoms with Crippen molar-refractivity contribution < 1.29 is 19.1 Å². The van der Waals surface area contributed by atoms with E-state index in [1.165, 1.54) is 20.8 Å². The van der Waals surface area contributed by atoms with Crippen LogP contribution in [0, 0.1) is 6.92 Å². The molecule has 0 fully saturated rings. The molecule has 0 bridgehead atoms. The summed E-state index contributed by atoms with van der Waals surface area (Å²) < 4.78 is 5.04. The third-order valence-electron chi connectivity index (χ3n) is 3.37. The maximum Gasteiger partial charge on any atom is 0.309 e. The first-order chi connectivity index (χ1) is 11.8. The second-order valence-corrected chi connectivity index (χ2v) is 5.51. The number of hydrogen-bond acceptors (Lipinski definition) is 6. The number of esters is 1. The number of ether oxygens (including phenoxy) is 1. The van der Waals surface area contributed by atoms with Crippen LogP contribution in [0.5, 0.6) is 5.88 Å². The zero-order valence-electron chi connectivity index (χ0n) is 14.6. The van der Waals surface area contributed by atoms with Crippen LogP contribution in [-0.4, -0.2) is 27.8 Å². The fourth-order valence-electron chi connectivity index (χ4n) is 2.38. The summed E-state index contributed by atoms with van der Waals surface area (Å²) >= 11 is 0. The number of hydrogen-bond donors (Lipinski definition) is 0. The Kier molecular flexibility index (Phi) is 5.59. The van der Waals surface area contributed by atoms with Gasteiger partial charge in [0.2, 0.25) is 17.7 Å². The van der Waals surface area contributed by atoms with Gasteiger partial charge in [-0.3, -0.25) is 14.4 Å². The highest BCUT2D eigenvalue weighted by molar-refractivity contribution is 6.12. The summed E-state index contributed by atoms with van der Waals surface area (Å²) in [6, 6.07) is 9.48. The monoisotopic (exact) mass is 341 g/mol. The van der Waals surface area contributed by atoms with Crippen LogP contribution >= 0.6 is 0 Å². The van der Waals surface area contributed by atoms with Crippen molar-refractivity contribution in [3.8, 4) is 5.88 Å². The van der Waals surface area contributed by atoms with Crippen molar-refractivity contribution in [1.82, 2.24) is 9.97 Å². The molecule has 0 aliphatic heterocycles. The Morgan fingerprint density at radius 3 is 2.12 bits per heavy atom. The Morgan fingerprint density at radius 1 is 1.00 bits per heavy atom. The fraction of sp³-hybridized carbons (Fsp3) is 0.278. The summed E-state index contributed by atoms with van der Waals surface area (Å²) in [7, 11) is 0. The maximum absolute atomic E-state index is 11.9. The molecule has 2 rings (SSSR count). The first-order valence-electron chi connectivity index (χ1n) is 7.70. The lowest BCUT2D eigenvalue weighted by Gasteiger charge is -2.20. The van der Waals surface area contributed by atoms with Gasteiger partial charge in [0.25, 0.3) is 0 Å². The summed E-state index contributed by atoms with van der Waals surface area (Å²) in [4.78, 5) is 44.7. The second kappa shape index (κ2) is 7.65. The third kappa shape index (κ3) is 4.47.